The summed E-state index contributed by atoms with van der Waals surface area (Å²) in [6.45, 7) is 11.6. The van der Waals surface area contributed by atoms with Crippen LogP contribution >= 0.6 is 11.3 Å². The van der Waals surface area contributed by atoms with Crippen LogP contribution < -0.4 is 15.1 Å². The summed E-state index contributed by atoms with van der Waals surface area (Å²) in [6.07, 6.45) is 0. The normalized spacial score (nSPS) is 20.4. The van der Waals surface area contributed by atoms with Crippen molar-refractivity contribution in [1.29, 1.82) is 0 Å². The lowest BCUT2D eigenvalue weighted by molar-refractivity contribution is -1.02. The second-order valence-electron chi connectivity index (χ2n) is 8.29. The maximum Gasteiger partial charge on any atom is 0.275 e. The summed E-state index contributed by atoms with van der Waals surface area (Å²) in [5.41, 5.74) is 1.70. The van der Waals surface area contributed by atoms with Gasteiger partial charge in [0.25, 0.3) is 5.91 Å². The van der Waals surface area contributed by atoms with Gasteiger partial charge in [-0.05, 0) is 45.0 Å². The molecule has 1 aromatic heterocycles. The smallest absolute Gasteiger partial charge is 0.275 e. The van der Waals surface area contributed by atoms with Gasteiger partial charge in [0.1, 0.15) is 43.5 Å². The molecule has 27 heavy (non-hydrogen) atoms. The van der Waals surface area contributed by atoms with Gasteiger partial charge in [0.05, 0.1) is 5.69 Å². The maximum atomic E-state index is 13.1. The molecule has 2 heterocycles. The molecule has 0 spiro atoms. The molecule has 1 fully saturated rings. The number of nitrogens with one attached hydrogen (secondary N) is 3. The van der Waals surface area contributed by atoms with Gasteiger partial charge in [0.2, 0.25) is 0 Å². The molecule has 1 aliphatic rings. The summed E-state index contributed by atoms with van der Waals surface area (Å²) >= 11 is 1.66. The van der Waals surface area contributed by atoms with E-state index in [1.807, 2.05) is 26.2 Å². The number of quaternary nitrogens is 2. The van der Waals surface area contributed by atoms with Crippen molar-refractivity contribution in [1.82, 2.24) is 10.3 Å². The molecule has 1 aromatic carbocycles. The van der Waals surface area contributed by atoms with Crippen LogP contribution in [0, 0.1) is 5.82 Å². The van der Waals surface area contributed by atoms with Crippen LogP contribution in [0.4, 0.5) is 4.39 Å². The molecule has 0 radical (unpaired) electrons. The van der Waals surface area contributed by atoms with Gasteiger partial charge in [-0.3, -0.25) is 4.79 Å². The predicted octanol–water partition coefficient (Wildman–Crippen LogP) is 0.147. The summed E-state index contributed by atoms with van der Waals surface area (Å²) in [5.74, 6) is -0.0972. The number of thiazole rings is 1. The van der Waals surface area contributed by atoms with E-state index >= 15 is 0 Å². The van der Waals surface area contributed by atoms with Gasteiger partial charge >= 0.3 is 0 Å². The monoisotopic (exact) mass is 392 g/mol. The van der Waals surface area contributed by atoms with Crippen molar-refractivity contribution >= 4 is 17.2 Å². The Morgan fingerprint density at radius 1 is 1.15 bits per heavy atom. The lowest BCUT2D eigenvalue weighted by Crippen LogP contribution is -3.28. The van der Waals surface area contributed by atoms with E-state index in [1.54, 1.807) is 23.5 Å². The van der Waals surface area contributed by atoms with E-state index in [9.17, 15) is 9.18 Å². The summed E-state index contributed by atoms with van der Waals surface area (Å²) in [6, 6.07) is 6.48. The first-order chi connectivity index (χ1) is 12.8. The minimum absolute atomic E-state index is 0.129. The Morgan fingerprint density at radius 2 is 1.78 bits per heavy atom. The average Bonchev–Trinajstić information content (AvgIpc) is 3.04. The van der Waals surface area contributed by atoms with Gasteiger partial charge in [-0.2, -0.15) is 0 Å². The largest absolute Gasteiger partial charge is 0.347 e. The van der Waals surface area contributed by atoms with Crippen molar-refractivity contribution in [2.24, 2.45) is 0 Å². The van der Waals surface area contributed by atoms with Gasteiger partial charge in [-0.1, -0.05) is 0 Å². The highest BCUT2D eigenvalue weighted by atomic mass is 32.1. The molecule has 5 nitrogen and oxygen atoms in total. The SMILES string of the molecule is CC(C)(C)NC(=O)C[NH+]1CC[NH+](Cc2nc(-c3ccc(F)cc3)cs2)CC1. The summed E-state index contributed by atoms with van der Waals surface area (Å²) in [4.78, 5) is 19.7. The molecule has 0 bridgehead atoms. The van der Waals surface area contributed by atoms with E-state index in [1.165, 1.54) is 21.9 Å². The third kappa shape index (κ3) is 6.09. The van der Waals surface area contributed by atoms with E-state index in [0.717, 1.165) is 49.0 Å². The fourth-order valence-electron chi connectivity index (χ4n) is 3.36. The molecule has 0 saturated carbocycles. The second-order valence-corrected chi connectivity index (χ2v) is 9.23. The van der Waals surface area contributed by atoms with Crippen molar-refractivity contribution in [3.8, 4) is 11.3 Å². The quantitative estimate of drug-likeness (QED) is 0.678. The zero-order chi connectivity index (χ0) is 19.4. The van der Waals surface area contributed by atoms with Crippen LogP contribution in [0.1, 0.15) is 25.8 Å². The maximum absolute atomic E-state index is 13.1. The molecule has 0 aliphatic carbocycles. The Hall–Kier alpha value is -1.83. The number of piperazine rings is 1. The molecule has 2 aromatic rings. The van der Waals surface area contributed by atoms with Gasteiger partial charge in [0.15, 0.2) is 6.54 Å². The van der Waals surface area contributed by atoms with Crippen molar-refractivity contribution in [3.63, 3.8) is 0 Å². The molecule has 0 atom stereocenters. The third-order valence-electron chi connectivity index (χ3n) is 4.68. The summed E-state index contributed by atoms with van der Waals surface area (Å²) in [5, 5.41) is 6.19. The number of hydrogen-bond acceptors (Lipinski definition) is 3. The van der Waals surface area contributed by atoms with E-state index in [0.29, 0.717) is 6.54 Å². The zero-order valence-electron chi connectivity index (χ0n) is 16.3. The first-order valence-electron chi connectivity index (χ1n) is 9.47. The number of hydrogen-bond donors (Lipinski definition) is 3. The van der Waals surface area contributed by atoms with Crippen LogP contribution in [0.25, 0.3) is 11.3 Å². The number of aromatic nitrogens is 1. The van der Waals surface area contributed by atoms with E-state index in [-0.39, 0.29) is 17.3 Å². The Kier molecular flexibility index (Phi) is 6.24. The molecule has 3 rings (SSSR count). The van der Waals surface area contributed by atoms with Crippen LogP contribution in [0.2, 0.25) is 0 Å². The first-order valence-corrected chi connectivity index (χ1v) is 10.3. The van der Waals surface area contributed by atoms with Crippen LogP contribution in [-0.2, 0) is 11.3 Å². The fourth-order valence-corrected chi connectivity index (χ4v) is 4.23. The molecular weight excluding hydrogens is 363 g/mol. The minimum Gasteiger partial charge on any atom is -0.347 e. The number of halogens is 1. The summed E-state index contributed by atoms with van der Waals surface area (Å²) < 4.78 is 13.1. The Bertz CT molecular complexity index is 761. The average molecular weight is 393 g/mol. The number of carbonyl (C=O) groups is 1. The fraction of sp³-hybridized carbons (Fsp3) is 0.500. The molecule has 1 amide bonds. The summed E-state index contributed by atoms with van der Waals surface area (Å²) in [7, 11) is 0. The van der Waals surface area contributed by atoms with Gasteiger partial charge < -0.3 is 15.1 Å². The van der Waals surface area contributed by atoms with E-state index in [4.69, 9.17) is 4.98 Å². The molecule has 146 valence electrons. The van der Waals surface area contributed by atoms with Gasteiger partial charge in [-0.15, -0.1) is 11.3 Å². The number of carbonyl (C=O) groups excluding carboxylic acids is 1. The van der Waals surface area contributed by atoms with Crippen molar-refractivity contribution in [3.05, 3.63) is 40.5 Å². The zero-order valence-corrected chi connectivity index (χ0v) is 17.1. The Labute approximate surface area is 164 Å². The molecule has 7 heteroatoms. The lowest BCUT2D eigenvalue weighted by Gasteiger charge is -2.29. The van der Waals surface area contributed by atoms with Crippen LogP contribution in [0.5, 0.6) is 0 Å². The van der Waals surface area contributed by atoms with Crippen LogP contribution in [0.3, 0.4) is 0 Å². The number of amides is 1. The lowest BCUT2D eigenvalue weighted by atomic mass is 10.1. The van der Waals surface area contributed by atoms with Crippen molar-refractivity contribution in [2.75, 3.05) is 32.7 Å². The highest BCUT2D eigenvalue weighted by Crippen LogP contribution is 2.21. The molecule has 0 unspecified atom stereocenters. The Balaban J connectivity index is 1.47. The second kappa shape index (κ2) is 8.46. The predicted molar refractivity (Wildman–Crippen MR) is 105 cm³/mol. The van der Waals surface area contributed by atoms with Crippen LogP contribution in [-0.4, -0.2) is 49.2 Å². The molecule has 3 N–H and O–H groups in total. The number of rotatable bonds is 5. The van der Waals surface area contributed by atoms with Crippen molar-refractivity contribution in [2.45, 2.75) is 32.9 Å². The molecule has 1 aliphatic heterocycles. The topological polar surface area (TPSA) is 50.9 Å². The number of benzene rings is 1. The minimum atomic E-state index is -0.227. The van der Waals surface area contributed by atoms with Crippen LogP contribution in [0.15, 0.2) is 29.6 Å². The number of nitrogens with zero attached hydrogens (tertiary/aromatic N) is 1. The van der Waals surface area contributed by atoms with Crippen molar-refractivity contribution < 1.29 is 19.0 Å². The van der Waals surface area contributed by atoms with E-state index < -0.39 is 0 Å². The standard InChI is InChI=1S/C20H27FN4OS/c1-20(2,3)23-18(26)12-24-8-10-25(11-9-24)13-19-22-17(14-27-19)15-4-6-16(21)7-5-15/h4-7,14H,8-13H2,1-3H3,(H,23,26)/p+2. The Morgan fingerprint density at radius 3 is 2.41 bits per heavy atom. The molecular formula is C20H29FN4OS+2. The van der Waals surface area contributed by atoms with E-state index in [2.05, 4.69) is 5.32 Å². The third-order valence-corrected chi connectivity index (χ3v) is 5.53. The first kappa shape index (κ1) is 19.9. The van der Waals surface area contributed by atoms with Gasteiger partial charge in [0, 0.05) is 16.5 Å². The van der Waals surface area contributed by atoms with Gasteiger partial charge in [-0.25, -0.2) is 9.37 Å². The molecule has 1 saturated heterocycles. The highest BCUT2D eigenvalue weighted by Gasteiger charge is 2.26. The highest BCUT2D eigenvalue weighted by molar-refractivity contribution is 7.09.